The Labute approximate surface area is 145 Å². The number of halogens is 1. The Morgan fingerprint density at radius 1 is 1.38 bits per heavy atom. The van der Waals surface area contributed by atoms with Crippen molar-refractivity contribution in [3.63, 3.8) is 0 Å². The molecule has 0 aliphatic carbocycles. The van der Waals surface area contributed by atoms with Crippen molar-refractivity contribution >= 4 is 29.0 Å². The average molecular weight is 342 g/mol. The quantitative estimate of drug-likeness (QED) is 0.493. The van der Waals surface area contributed by atoms with Crippen molar-refractivity contribution in [3.05, 3.63) is 64.8 Å². The van der Waals surface area contributed by atoms with E-state index >= 15 is 0 Å². The van der Waals surface area contributed by atoms with Crippen LogP contribution in [0.25, 0.3) is 5.57 Å². The third-order valence-electron chi connectivity index (χ3n) is 3.20. The van der Waals surface area contributed by atoms with Gasteiger partial charge in [-0.1, -0.05) is 29.8 Å². The summed E-state index contributed by atoms with van der Waals surface area (Å²) in [4.78, 5) is 15.9. The third-order valence-corrected chi connectivity index (χ3v) is 3.53. The number of ether oxygens (including phenoxy) is 1. The Kier molecular flexibility index (Phi) is 6.35. The molecule has 0 saturated carbocycles. The summed E-state index contributed by atoms with van der Waals surface area (Å²) in [5.41, 5.74) is 1.97. The van der Waals surface area contributed by atoms with Crippen LogP contribution in [0.2, 0.25) is 5.02 Å². The molecule has 2 aromatic rings. The maximum atomic E-state index is 11.8. The molecule has 122 valence electrons. The Bertz CT molecular complexity index is 797. The van der Waals surface area contributed by atoms with Crippen molar-refractivity contribution in [3.8, 4) is 6.07 Å². The molecule has 0 aliphatic heterocycles. The van der Waals surface area contributed by atoms with Gasteiger partial charge in [0, 0.05) is 17.3 Å². The maximum Gasteiger partial charge on any atom is 0.331 e. The van der Waals surface area contributed by atoms with Crippen molar-refractivity contribution in [2.24, 2.45) is 0 Å². The molecule has 1 heterocycles. The fourth-order valence-electron chi connectivity index (χ4n) is 2.03. The normalized spacial score (nSPS) is 10.8. The van der Waals surface area contributed by atoms with Crippen LogP contribution in [-0.4, -0.2) is 24.1 Å². The number of benzene rings is 1. The van der Waals surface area contributed by atoms with Gasteiger partial charge in [0.2, 0.25) is 0 Å². The highest BCUT2D eigenvalue weighted by Crippen LogP contribution is 2.22. The van der Waals surface area contributed by atoms with Crippen molar-refractivity contribution in [1.29, 1.82) is 5.26 Å². The van der Waals surface area contributed by atoms with E-state index in [-0.39, 0.29) is 6.61 Å². The number of hydrogen-bond donors (Lipinski definition) is 1. The second kappa shape index (κ2) is 8.70. The van der Waals surface area contributed by atoms with E-state index in [1.807, 2.05) is 24.3 Å². The van der Waals surface area contributed by atoms with E-state index in [2.05, 4.69) is 10.3 Å². The number of carbonyl (C=O) groups is 1. The molecule has 2 rings (SSSR count). The number of anilines is 1. The second-order valence-corrected chi connectivity index (χ2v) is 5.32. The summed E-state index contributed by atoms with van der Waals surface area (Å²) in [6.07, 6.45) is 2.99. The summed E-state index contributed by atoms with van der Waals surface area (Å²) in [6.45, 7) is 2.32. The zero-order valence-electron chi connectivity index (χ0n) is 13.1. The third kappa shape index (κ3) is 4.83. The van der Waals surface area contributed by atoms with E-state index in [4.69, 9.17) is 21.6 Å². The van der Waals surface area contributed by atoms with Gasteiger partial charge in [-0.25, -0.2) is 9.78 Å². The molecule has 5 nitrogen and oxygen atoms in total. The molecule has 0 radical (unpaired) electrons. The summed E-state index contributed by atoms with van der Waals surface area (Å²) in [7, 11) is 0. The topological polar surface area (TPSA) is 75.0 Å². The number of nitrogens with one attached hydrogen (secondary N) is 1. The van der Waals surface area contributed by atoms with Gasteiger partial charge >= 0.3 is 5.97 Å². The van der Waals surface area contributed by atoms with Gasteiger partial charge in [0.15, 0.2) is 0 Å². The van der Waals surface area contributed by atoms with Crippen molar-refractivity contribution in [1.82, 2.24) is 4.98 Å². The summed E-state index contributed by atoms with van der Waals surface area (Å²) in [5, 5.41) is 12.5. The smallest absolute Gasteiger partial charge is 0.331 e. The summed E-state index contributed by atoms with van der Waals surface area (Å²) in [5.74, 6) is 0.0228. The zero-order chi connectivity index (χ0) is 17.4. The van der Waals surface area contributed by atoms with Gasteiger partial charge in [0.1, 0.15) is 18.5 Å². The lowest BCUT2D eigenvalue weighted by Gasteiger charge is -2.07. The number of carbonyl (C=O) groups excluding carboxylic acids is 1. The molecule has 1 N–H and O–H groups in total. The fourth-order valence-corrected chi connectivity index (χ4v) is 2.32. The van der Waals surface area contributed by atoms with Gasteiger partial charge in [-0.3, -0.25) is 0 Å². The molecule has 0 spiro atoms. The predicted octanol–water partition coefficient (Wildman–Crippen LogP) is 3.67. The minimum Gasteiger partial charge on any atom is -0.461 e. The number of aromatic nitrogens is 1. The first-order valence-electron chi connectivity index (χ1n) is 7.30. The Morgan fingerprint density at radius 2 is 2.17 bits per heavy atom. The van der Waals surface area contributed by atoms with Gasteiger partial charge in [0.05, 0.1) is 12.1 Å². The summed E-state index contributed by atoms with van der Waals surface area (Å²) >= 11 is 6.09. The first-order valence-corrected chi connectivity index (χ1v) is 7.68. The largest absolute Gasteiger partial charge is 0.461 e. The standard InChI is InChI=1S/C18H16ClN3O2/c1-13(15-6-2-3-7-16(15)19)11-17(23)24-10-9-22-18-14(12-20)5-4-8-21-18/h2-8,11H,9-10H2,1H3,(H,21,22)/b13-11-. The van der Waals surface area contributed by atoms with E-state index in [9.17, 15) is 4.79 Å². The molecule has 0 saturated heterocycles. The molecule has 0 aliphatic rings. The van der Waals surface area contributed by atoms with Crippen molar-refractivity contribution < 1.29 is 9.53 Å². The molecular weight excluding hydrogens is 326 g/mol. The van der Waals surface area contributed by atoms with Crippen LogP contribution in [0.5, 0.6) is 0 Å². The van der Waals surface area contributed by atoms with Crippen LogP contribution < -0.4 is 5.32 Å². The number of hydrogen-bond acceptors (Lipinski definition) is 5. The van der Waals surface area contributed by atoms with Gasteiger partial charge in [-0.2, -0.15) is 5.26 Å². The van der Waals surface area contributed by atoms with Gasteiger partial charge in [0.25, 0.3) is 0 Å². The maximum absolute atomic E-state index is 11.8. The molecule has 0 amide bonds. The Hall–Kier alpha value is -2.84. The van der Waals surface area contributed by atoms with E-state index in [0.29, 0.717) is 22.9 Å². The number of nitrogens with zero attached hydrogens (tertiary/aromatic N) is 2. The number of allylic oxidation sites excluding steroid dienone is 1. The van der Waals surface area contributed by atoms with Gasteiger partial charge in [-0.05, 0) is 36.3 Å². The second-order valence-electron chi connectivity index (χ2n) is 4.91. The number of esters is 1. The van der Waals surface area contributed by atoms with Crippen LogP contribution >= 0.6 is 11.6 Å². The zero-order valence-corrected chi connectivity index (χ0v) is 13.9. The fraction of sp³-hybridized carbons (Fsp3) is 0.167. The highest BCUT2D eigenvalue weighted by atomic mass is 35.5. The minimum absolute atomic E-state index is 0.159. The molecule has 1 aromatic heterocycles. The Morgan fingerprint density at radius 3 is 2.92 bits per heavy atom. The lowest BCUT2D eigenvalue weighted by molar-refractivity contribution is -0.137. The average Bonchev–Trinajstić information content (AvgIpc) is 2.59. The highest BCUT2D eigenvalue weighted by molar-refractivity contribution is 6.32. The minimum atomic E-state index is -0.448. The molecule has 0 unspecified atom stereocenters. The number of pyridine rings is 1. The van der Waals surface area contributed by atoms with E-state index in [0.717, 1.165) is 11.1 Å². The van der Waals surface area contributed by atoms with Crippen LogP contribution in [-0.2, 0) is 9.53 Å². The van der Waals surface area contributed by atoms with E-state index in [1.165, 1.54) is 6.08 Å². The molecule has 0 bridgehead atoms. The SMILES string of the molecule is C/C(=C/C(=O)OCCNc1ncccc1C#N)c1ccccc1Cl. The predicted molar refractivity (Wildman–Crippen MR) is 93.5 cm³/mol. The highest BCUT2D eigenvalue weighted by Gasteiger charge is 2.05. The van der Waals surface area contributed by atoms with Crippen molar-refractivity contribution in [2.75, 3.05) is 18.5 Å². The van der Waals surface area contributed by atoms with E-state index in [1.54, 1.807) is 31.3 Å². The first-order chi connectivity index (χ1) is 11.6. The summed E-state index contributed by atoms with van der Waals surface area (Å²) in [6, 6.07) is 12.7. The number of nitriles is 1. The van der Waals surface area contributed by atoms with Crippen LogP contribution in [0.15, 0.2) is 48.7 Å². The van der Waals surface area contributed by atoms with Crippen LogP contribution in [0.3, 0.4) is 0 Å². The molecule has 1 aromatic carbocycles. The molecule has 6 heteroatoms. The number of rotatable bonds is 6. The lowest BCUT2D eigenvalue weighted by atomic mass is 10.1. The monoisotopic (exact) mass is 341 g/mol. The summed E-state index contributed by atoms with van der Waals surface area (Å²) < 4.78 is 5.14. The van der Waals surface area contributed by atoms with Gasteiger partial charge in [-0.15, -0.1) is 0 Å². The van der Waals surface area contributed by atoms with Gasteiger partial charge < -0.3 is 10.1 Å². The molecule has 24 heavy (non-hydrogen) atoms. The Balaban J connectivity index is 1.84. The lowest BCUT2D eigenvalue weighted by Crippen LogP contribution is -2.14. The van der Waals surface area contributed by atoms with E-state index < -0.39 is 5.97 Å². The van der Waals surface area contributed by atoms with Crippen LogP contribution in [0, 0.1) is 11.3 Å². The van der Waals surface area contributed by atoms with Crippen LogP contribution in [0.4, 0.5) is 5.82 Å². The molecular formula is C18H16ClN3O2. The molecule has 0 fully saturated rings. The van der Waals surface area contributed by atoms with Crippen molar-refractivity contribution in [2.45, 2.75) is 6.92 Å². The van der Waals surface area contributed by atoms with Crippen LogP contribution in [0.1, 0.15) is 18.1 Å². The molecule has 0 atom stereocenters. The first kappa shape index (κ1) is 17.5.